The lowest BCUT2D eigenvalue weighted by Gasteiger charge is -2.45. The number of carbonyl (C=O) groups excluding carboxylic acids is 1. The van der Waals surface area contributed by atoms with Crippen molar-refractivity contribution in [2.24, 2.45) is 17.6 Å². The van der Waals surface area contributed by atoms with Crippen LogP contribution in [-0.4, -0.2) is 27.8 Å². The van der Waals surface area contributed by atoms with Crippen LogP contribution >= 0.6 is 0 Å². The van der Waals surface area contributed by atoms with Crippen molar-refractivity contribution in [3.05, 3.63) is 64.1 Å². The molecule has 2 fully saturated rings. The highest BCUT2D eigenvalue weighted by Crippen LogP contribution is 2.39. The molecule has 1 aromatic carbocycles. The van der Waals surface area contributed by atoms with Crippen molar-refractivity contribution in [3.8, 4) is 0 Å². The first-order valence-electron chi connectivity index (χ1n) is 9.78. The van der Waals surface area contributed by atoms with E-state index in [1.165, 1.54) is 23.2 Å². The molecule has 0 saturated heterocycles. The lowest BCUT2D eigenvalue weighted by molar-refractivity contribution is 0.0749. The van der Waals surface area contributed by atoms with Gasteiger partial charge in [-0.1, -0.05) is 36.8 Å². The monoisotopic (exact) mass is 366 g/mol. The maximum atomic E-state index is 12.8. The van der Waals surface area contributed by atoms with Crippen LogP contribution in [0.25, 0.3) is 0 Å². The molecule has 0 radical (unpaired) electrons. The highest BCUT2D eigenvalue weighted by atomic mass is 16.2. The van der Waals surface area contributed by atoms with Gasteiger partial charge in [0.25, 0.3) is 11.5 Å². The van der Waals surface area contributed by atoms with Crippen LogP contribution in [0, 0.1) is 11.8 Å². The van der Waals surface area contributed by atoms with Gasteiger partial charge in [-0.2, -0.15) is 5.10 Å². The molecule has 2 saturated carbocycles. The van der Waals surface area contributed by atoms with Gasteiger partial charge in [-0.15, -0.1) is 0 Å². The van der Waals surface area contributed by atoms with Crippen LogP contribution in [0.15, 0.2) is 47.3 Å². The summed E-state index contributed by atoms with van der Waals surface area (Å²) in [5.74, 6) is 0.701. The van der Waals surface area contributed by atoms with Crippen molar-refractivity contribution >= 4 is 5.91 Å². The number of fused-ring (bicyclic) bond motifs is 2. The number of carbonyl (C=O) groups is 1. The smallest absolute Gasteiger partial charge is 0.271 e. The maximum absolute atomic E-state index is 12.8. The number of amides is 1. The van der Waals surface area contributed by atoms with E-state index in [9.17, 15) is 9.59 Å². The third-order valence-electron chi connectivity index (χ3n) is 5.95. The minimum atomic E-state index is -0.212. The average molecular weight is 366 g/mol. The Morgan fingerprint density at radius 1 is 1.11 bits per heavy atom. The SMILES string of the molecule is NC1CC2CCCC(C1)C2NC(=O)c1ccc(=O)n(Cc2ccccc2)n1. The molecule has 0 aliphatic heterocycles. The predicted molar refractivity (Wildman–Crippen MR) is 103 cm³/mol. The van der Waals surface area contributed by atoms with Gasteiger partial charge in [0.1, 0.15) is 5.69 Å². The van der Waals surface area contributed by atoms with E-state index in [-0.39, 0.29) is 23.6 Å². The van der Waals surface area contributed by atoms with Gasteiger partial charge in [-0.25, -0.2) is 4.68 Å². The number of rotatable bonds is 4. The van der Waals surface area contributed by atoms with Crippen molar-refractivity contribution in [1.82, 2.24) is 15.1 Å². The number of benzene rings is 1. The fraction of sp³-hybridized carbons (Fsp3) is 0.476. The zero-order chi connectivity index (χ0) is 18.8. The number of nitrogens with zero attached hydrogens (tertiary/aromatic N) is 2. The number of nitrogens with one attached hydrogen (secondary N) is 1. The van der Waals surface area contributed by atoms with Gasteiger partial charge in [0.05, 0.1) is 6.54 Å². The van der Waals surface area contributed by atoms with Crippen molar-refractivity contribution in [2.45, 2.75) is 50.7 Å². The maximum Gasteiger partial charge on any atom is 0.271 e. The summed E-state index contributed by atoms with van der Waals surface area (Å²) in [7, 11) is 0. The summed E-state index contributed by atoms with van der Waals surface area (Å²) in [5.41, 5.74) is 7.23. The summed E-state index contributed by atoms with van der Waals surface area (Å²) in [6.45, 7) is 0.352. The topological polar surface area (TPSA) is 90.0 Å². The Morgan fingerprint density at radius 2 is 1.81 bits per heavy atom. The van der Waals surface area contributed by atoms with Crippen LogP contribution in [0.1, 0.15) is 48.2 Å². The van der Waals surface area contributed by atoms with Gasteiger partial charge in [0.15, 0.2) is 0 Å². The first kappa shape index (κ1) is 17.9. The van der Waals surface area contributed by atoms with Crippen LogP contribution in [0.4, 0.5) is 0 Å². The zero-order valence-corrected chi connectivity index (χ0v) is 15.4. The normalized spacial score (nSPS) is 27.1. The molecule has 2 aliphatic carbocycles. The van der Waals surface area contributed by atoms with E-state index in [0.717, 1.165) is 31.2 Å². The molecule has 1 heterocycles. The number of aromatic nitrogens is 2. The van der Waals surface area contributed by atoms with Crippen molar-refractivity contribution in [2.75, 3.05) is 0 Å². The quantitative estimate of drug-likeness (QED) is 0.865. The molecule has 2 atom stereocenters. The van der Waals surface area contributed by atoms with E-state index < -0.39 is 0 Å². The van der Waals surface area contributed by atoms with Gasteiger partial charge in [0, 0.05) is 18.2 Å². The Morgan fingerprint density at radius 3 is 2.52 bits per heavy atom. The first-order valence-corrected chi connectivity index (χ1v) is 9.78. The molecule has 2 aromatic rings. The predicted octanol–water partition coefficient (Wildman–Crippen LogP) is 1.93. The molecule has 6 heteroatoms. The third kappa shape index (κ3) is 3.95. The highest BCUT2D eigenvalue weighted by Gasteiger charge is 2.40. The molecule has 4 rings (SSSR count). The molecule has 6 nitrogen and oxygen atoms in total. The summed E-state index contributed by atoms with van der Waals surface area (Å²) in [4.78, 5) is 25.0. The molecule has 2 unspecified atom stereocenters. The lowest BCUT2D eigenvalue weighted by Crippen LogP contribution is -2.53. The fourth-order valence-electron chi connectivity index (χ4n) is 4.69. The van der Waals surface area contributed by atoms with E-state index in [4.69, 9.17) is 5.73 Å². The van der Waals surface area contributed by atoms with Gasteiger partial charge in [-0.05, 0) is 49.1 Å². The Bertz CT molecular complexity index is 850. The van der Waals surface area contributed by atoms with Crippen molar-refractivity contribution < 1.29 is 4.79 Å². The van der Waals surface area contributed by atoms with E-state index in [0.29, 0.717) is 24.1 Å². The molecule has 27 heavy (non-hydrogen) atoms. The Kier molecular flexibility index (Phi) is 5.07. The summed E-state index contributed by atoms with van der Waals surface area (Å²) in [5, 5.41) is 7.51. The fourth-order valence-corrected chi connectivity index (χ4v) is 4.69. The minimum Gasteiger partial charge on any atom is -0.347 e. The second kappa shape index (κ2) is 7.64. The number of hydrogen-bond donors (Lipinski definition) is 2. The van der Waals surface area contributed by atoms with Crippen LogP contribution in [0.3, 0.4) is 0 Å². The number of nitrogens with two attached hydrogens (primary N) is 1. The highest BCUT2D eigenvalue weighted by molar-refractivity contribution is 5.92. The van der Waals surface area contributed by atoms with E-state index in [1.807, 2.05) is 30.3 Å². The van der Waals surface area contributed by atoms with Crippen molar-refractivity contribution in [3.63, 3.8) is 0 Å². The summed E-state index contributed by atoms with van der Waals surface area (Å²) >= 11 is 0. The first-order chi connectivity index (χ1) is 13.1. The van der Waals surface area contributed by atoms with Gasteiger partial charge < -0.3 is 11.1 Å². The third-order valence-corrected chi connectivity index (χ3v) is 5.95. The molecule has 3 N–H and O–H groups in total. The second-order valence-corrected chi connectivity index (χ2v) is 7.88. The molecule has 2 bridgehead atoms. The van der Waals surface area contributed by atoms with E-state index >= 15 is 0 Å². The molecule has 0 spiro atoms. The summed E-state index contributed by atoms with van der Waals surface area (Å²) in [6.07, 6.45) is 5.41. The Hall–Kier alpha value is -2.47. The average Bonchev–Trinajstić information content (AvgIpc) is 2.65. The largest absolute Gasteiger partial charge is 0.347 e. The molecule has 1 amide bonds. The summed E-state index contributed by atoms with van der Waals surface area (Å²) < 4.78 is 1.35. The molecule has 142 valence electrons. The van der Waals surface area contributed by atoms with Gasteiger partial charge >= 0.3 is 0 Å². The van der Waals surface area contributed by atoms with E-state index in [1.54, 1.807) is 0 Å². The Labute approximate surface area is 158 Å². The zero-order valence-electron chi connectivity index (χ0n) is 15.4. The molecular weight excluding hydrogens is 340 g/mol. The second-order valence-electron chi connectivity index (χ2n) is 7.88. The minimum absolute atomic E-state index is 0.169. The lowest BCUT2D eigenvalue weighted by atomic mass is 9.67. The van der Waals surface area contributed by atoms with Crippen molar-refractivity contribution in [1.29, 1.82) is 0 Å². The summed E-state index contributed by atoms with van der Waals surface area (Å²) in [6, 6.07) is 13.0. The van der Waals surface area contributed by atoms with Crippen LogP contribution in [0.2, 0.25) is 0 Å². The standard InChI is InChI=1S/C21H26N4O2/c22-17-11-15-7-4-8-16(12-17)20(15)23-21(27)18-9-10-19(26)25(24-18)13-14-5-2-1-3-6-14/h1-3,5-6,9-10,15-17,20H,4,7-8,11-13,22H2,(H,23,27). The Balaban J connectivity index is 1.50. The molecule has 1 aromatic heterocycles. The van der Waals surface area contributed by atoms with Crippen LogP contribution in [0.5, 0.6) is 0 Å². The van der Waals surface area contributed by atoms with E-state index in [2.05, 4.69) is 10.4 Å². The molecular formula is C21H26N4O2. The van der Waals surface area contributed by atoms with Crippen LogP contribution < -0.4 is 16.6 Å². The van der Waals surface area contributed by atoms with Crippen LogP contribution in [-0.2, 0) is 6.54 Å². The number of hydrogen-bond acceptors (Lipinski definition) is 4. The van der Waals surface area contributed by atoms with Gasteiger partial charge in [0.2, 0.25) is 0 Å². The molecule has 2 aliphatic rings. The van der Waals surface area contributed by atoms with Gasteiger partial charge in [-0.3, -0.25) is 9.59 Å².